The number of hydrogen-bond donors (Lipinski definition) is 2. The predicted molar refractivity (Wildman–Crippen MR) is 130 cm³/mol. The van der Waals surface area contributed by atoms with Gasteiger partial charge in [-0.15, -0.1) is 0 Å². The first-order valence-electron chi connectivity index (χ1n) is 11.2. The highest BCUT2D eigenvalue weighted by molar-refractivity contribution is 6.05. The number of piperidine rings is 1. The molecule has 0 aromatic carbocycles. The van der Waals surface area contributed by atoms with E-state index in [1.165, 1.54) is 0 Å². The Hall–Kier alpha value is -3.98. The SMILES string of the molecule is COc1ccc(-c2cc3nc(C(=O)Nc4cnccc4N4CC(C)CC(N)C4)ccc3o2)cn1. The van der Waals surface area contributed by atoms with Crippen molar-refractivity contribution in [2.45, 2.75) is 19.4 Å². The zero-order valence-electron chi connectivity index (χ0n) is 19.1. The quantitative estimate of drug-likeness (QED) is 0.464. The molecule has 174 valence electrons. The summed E-state index contributed by atoms with van der Waals surface area (Å²) in [5.74, 6) is 1.29. The van der Waals surface area contributed by atoms with Crippen LogP contribution in [-0.4, -0.2) is 47.1 Å². The van der Waals surface area contributed by atoms with E-state index in [1.54, 1.807) is 50.0 Å². The van der Waals surface area contributed by atoms with Gasteiger partial charge in [-0.2, -0.15) is 0 Å². The molecule has 0 saturated carbocycles. The van der Waals surface area contributed by atoms with Gasteiger partial charge in [0.05, 0.1) is 24.7 Å². The number of fused-ring (bicyclic) bond motifs is 1. The van der Waals surface area contributed by atoms with Crippen molar-refractivity contribution < 1.29 is 13.9 Å². The highest BCUT2D eigenvalue weighted by Crippen LogP contribution is 2.30. The average molecular weight is 459 g/mol. The lowest BCUT2D eigenvalue weighted by Crippen LogP contribution is -2.46. The number of hydrogen-bond acceptors (Lipinski definition) is 8. The number of nitrogens with two attached hydrogens (primary N) is 1. The summed E-state index contributed by atoms with van der Waals surface area (Å²) in [5, 5.41) is 2.97. The van der Waals surface area contributed by atoms with Crippen molar-refractivity contribution in [1.29, 1.82) is 0 Å². The largest absolute Gasteiger partial charge is 0.481 e. The van der Waals surface area contributed by atoms with Crippen LogP contribution in [0.5, 0.6) is 5.88 Å². The maximum absolute atomic E-state index is 13.1. The molecular formula is C25H26N6O3. The first-order valence-corrected chi connectivity index (χ1v) is 11.2. The smallest absolute Gasteiger partial charge is 0.274 e. The molecule has 9 nitrogen and oxygen atoms in total. The minimum Gasteiger partial charge on any atom is -0.481 e. The van der Waals surface area contributed by atoms with Gasteiger partial charge in [-0.3, -0.25) is 9.78 Å². The van der Waals surface area contributed by atoms with Crippen molar-refractivity contribution in [2.75, 3.05) is 30.4 Å². The molecule has 0 bridgehead atoms. The molecule has 0 aliphatic carbocycles. The van der Waals surface area contributed by atoms with Crippen molar-refractivity contribution in [2.24, 2.45) is 11.7 Å². The van der Waals surface area contributed by atoms with Gasteiger partial charge >= 0.3 is 0 Å². The van der Waals surface area contributed by atoms with Crippen LogP contribution in [0.2, 0.25) is 0 Å². The molecule has 0 radical (unpaired) electrons. The summed E-state index contributed by atoms with van der Waals surface area (Å²) in [6.07, 6.45) is 6.04. The fourth-order valence-corrected chi connectivity index (χ4v) is 4.38. The summed E-state index contributed by atoms with van der Waals surface area (Å²) in [4.78, 5) is 28.2. The highest BCUT2D eigenvalue weighted by atomic mass is 16.5. The molecule has 1 aliphatic rings. The monoisotopic (exact) mass is 458 g/mol. The van der Waals surface area contributed by atoms with Crippen LogP contribution < -0.4 is 20.7 Å². The summed E-state index contributed by atoms with van der Waals surface area (Å²) < 4.78 is 11.0. The van der Waals surface area contributed by atoms with Crippen molar-refractivity contribution in [1.82, 2.24) is 15.0 Å². The molecule has 1 saturated heterocycles. The van der Waals surface area contributed by atoms with Crippen LogP contribution in [0.15, 0.2) is 59.4 Å². The first-order chi connectivity index (χ1) is 16.5. The number of amides is 1. The molecule has 1 fully saturated rings. The lowest BCUT2D eigenvalue weighted by atomic mass is 9.96. The van der Waals surface area contributed by atoms with E-state index >= 15 is 0 Å². The van der Waals surface area contributed by atoms with Gasteiger partial charge in [0, 0.05) is 49.2 Å². The fourth-order valence-electron chi connectivity index (χ4n) is 4.38. The lowest BCUT2D eigenvalue weighted by molar-refractivity contribution is 0.102. The third-order valence-electron chi connectivity index (χ3n) is 5.92. The number of anilines is 2. The summed E-state index contributed by atoms with van der Waals surface area (Å²) >= 11 is 0. The van der Waals surface area contributed by atoms with Gasteiger partial charge in [-0.05, 0) is 36.6 Å². The van der Waals surface area contributed by atoms with Crippen molar-refractivity contribution in [3.63, 3.8) is 0 Å². The Morgan fingerprint density at radius 1 is 1.21 bits per heavy atom. The van der Waals surface area contributed by atoms with E-state index in [-0.39, 0.29) is 17.6 Å². The number of nitrogens with one attached hydrogen (secondary N) is 1. The van der Waals surface area contributed by atoms with Crippen LogP contribution >= 0.6 is 0 Å². The molecule has 1 aliphatic heterocycles. The van der Waals surface area contributed by atoms with E-state index in [0.29, 0.717) is 34.3 Å². The Balaban J connectivity index is 1.38. The number of carbonyl (C=O) groups is 1. The van der Waals surface area contributed by atoms with Gasteiger partial charge < -0.3 is 25.1 Å². The number of ether oxygens (including phenoxy) is 1. The van der Waals surface area contributed by atoms with E-state index in [9.17, 15) is 4.79 Å². The zero-order valence-corrected chi connectivity index (χ0v) is 19.1. The molecule has 3 N–H and O–H groups in total. The second-order valence-corrected chi connectivity index (χ2v) is 8.63. The number of furan rings is 1. The molecule has 5 rings (SSSR count). The standard InChI is InChI=1S/C25H26N6O3/c1-15-9-17(26)14-31(13-15)21-7-8-27-12-20(21)30-25(32)18-4-5-22-19(29-18)10-23(34-22)16-3-6-24(33-2)28-11-16/h3-8,10-12,15,17H,9,13-14,26H2,1-2H3,(H,30,32). The minimum absolute atomic E-state index is 0.0979. The molecule has 2 unspecified atom stereocenters. The predicted octanol–water partition coefficient (Wildman–Crippen LogP) is 3.72. The molecular weight excluding hydrogens is 432 g/mol. The lowest BCUT2D eigenvalue weighted by Gasteiger charge is -2.37. The summed E-state index contributed by atoms with van der Waals surface area (Å²) in [6.45, 7) is 3.80. The van der Waals surface area contributed by atoms with Gasteiger partial charge in [0.2, 0.25) is 5.88 Å². The van der Waals surface area contributed by atoms with Crippen LogP contribution in [0.1, 0.15) is 23.8 Å². The molecule has 34 heavy (non-hydrogen) atoms. The maximum Gasteiger partial charge on any atom is 0.274 e. The second kappa shape index (κ2) is 9.11. The number of rotatable bonds is 5. The van der Waals surface area contributed by atoms with Crippen LogP contribution in [0, 0.1) is 5.92 Å². The van der Waals surface area contributed by atoms with Crippen molar-refractivity contribution >= 4 is 28.4 Å². The highest BCUT2D eigenvalue weighted by Gasteiger charge is 2.24. The van der Waals surface area contributed by atoms with Crippen LogP contribution in [0.4, 0.5) is 11.4 Å². The summed E-state index contributed by atoms with van der Waals surface area (Å²) in [6, 6.07) is 10.8. The average Bonchev–Trinajstić information content (AvgIpc) is 3.27. The zero-order chi connectivity index (χ0) is 23.7. The van der Waals surface area contributed by atoms with Gasteiger partial charge in [0.15, 0.2) is 5.58 Å². The second-order valence-electron chi connectivity index (χ2n) is 8.63. The van der Waals surface area contributed by atoms with E-state index in [1.807, 2.05) is 12.1 Å². The third kappa shape index (κ3) is 4.42. The molecule has 9 heteroatoms. The number of pyridine rings is 3. The van der Waals surface area contributed by atoms with Crippen molar-refractivity contribution in [3.05, 3.63) is 60.7 Å². The first kappa shape index (κ1) is 21.8. The van der Waals surface area contributed by atoms with E-state index in [0.717, 1.165) is 30.8 Å². The van der Waals surface area contributed by atoms with E-state index in [4.69, 9.17) is 14.9 Å². The van der Waals surface area contributed by atoms with E-state index < -0.39 is 0 Å². The maximum atomic E-state index is 13.1. The van der Waals surface area contributed by atoms with Crippen LogP contribution in [-0.2, 0) is 0 Å². The number of methoxy groups -OCH3 is 1. The molecule has 0 spiro atoms. The molecule has 4 aromatic heterocycles. The van der Waals surface area contributed by atoms with Crippen LogP contribution in [0.25, 0.3) is 22.4 Å². The summed E-state index contributed by atoms with van der Waals surface area (Å²) in [5.41, 5.74) is 10.0. The summed E-state index contributed by atoms with van der Waals surface area (Å²) in [7, 11) is 1.57. The number of aromatic nitrogens is 3. The van der Waals surface area contributed by atoms with Crippen LogP contribution in [0.3, 0.4) is 0 Å². The molecule has 2 atom stereocenters. The van der Waals surface area contributed by atoms with Gasteiger partial charge in [0.25, 0.3) is 5.91 Å². The van der Waals surface area contributed by atoms with Gasteiger partial charge in [-0.1, -0.05) is 6.92 Å². The van der Waals surface area contributed by atoms with Gasteiger partial charge in [0.1, 0.15) is 17.0 Å². The third-order valence-corrected chi connectivity index (χ3v) is 5.92. The Kier molecular flexibility index (Phi) is 5.85. The molecule has 5 heterocycles. The fraction of sp³-hybridized carbons (Fsp3) is 0.280. The topological polar surface area (TPSA) is 119 Å². The normalized spacial score (nSPS) is 18.1. The molecule has 1 amide bonds. The number of carbonyl (C=O) groups excluding carboxylic acids is 1. The Morgan fingerprint density at radius 2 is 2.09 bits per heavy atom. The van der Waals surface area contributed by atoms with E-state index in [2.05, 4.69) is 32.1 Å². The van der Waals surface area contributed by atoms with Gasteiger partial charge in [-0.25, -0.2) is 9.97 Å². The minimum atomic E-state index is -0.320. The Morgan fingerprint density at radius 3 is 2.85 bits per heavy atom. The Bertz CT molecular complexity index is 1310. The number of nitrogens with zero attached hydrogens (tertiary/aromatic N) is 4. The van der Waals surface area contributed by atoms with Crippen molar-refractivity contribution in [3.8, 4) is 17.2 Å². The molecule has 4 aromatic rings. The Labute approximate surface area is 197 Å².